The Balaban J connectivity index is 2.17. The second-order valence-electron chi connectivity index (χ2n) is 7.98. The van der Waals surface area contributed by atoms with Crippen LogP contribution in [-0.2, 0) is 9.53 Å². The average molecular weight is 388 g/mol. The number of carboxylic acid groups (broad SMARTS) is 1. The molecule has 0 aromatic heterocycles. The third kappa shape index (κ3) is 10.5. The van der Waals surface area contributed by atoms with E-state index in [4.69, 9.17) is 9.84 Å². The quantitative estimate of drug-likeness (QED) is 0.244. The number of carbonyl (C=O) groups is 2. The number of alkyl carbamates (subject to hydrolysis) is 1. The highest BCUT2D eigenvalue weighted by atomic mass is 16.6. The summed E-state index contributed by atoms with van der Waals surface area (Å²) in [5, 5.41) is 24.6. The number of amides is 1. The van der Waals surface area contributed by atoms with Crippen LogP contribution in [0, 0.1) is 18.4 Å². The molecule has 0 spiro atoms. The molecule has 1 unspecified atom stereocenters. The summed E-state index contributed by atoms with van der Waals surface area (Å²) in [6.45, 7) is 9.55. The molecule has 0 bridgehead atoms. The van der Waals surface area contributed by atoms with Gasteiger partial charge in [0.2, 0.25) is 0 Å². The molecule has 0 heterocycles. The lowest BCUT2D eigenvalue weighted by Gasteiger charge is -2.27. The van der Waals surface area contributed by atoms with E-state index in [9.17, 15) is 14.7 Å². The van der Waals surface area contributed by atoms with Gasteiger partial charge in [0.25, 0.3) is 0 Å². The summed E-state index contributed by atoms with van der Waals surface area (Å²) in [5.74, 6) is -0.587. The number of aliphatic carboxylic acids is 1. The van der Waals surface area contributed by atoms with E-state index in [1.165, 1.54) is 0 Å². The number of hydrazine groups is 1. The second-order valence-corrected chi connectivity index (χ2v) is 7.98. The molecule has 0 aromatic rings. The third-order valence-corrected chi connectivity index (χ3v) is 4.44. The minimum atomic E-state index is -0.961. The maximum absolute atomic E-state index is 11.8. The van der Waals surface area contributed by atoms with E-state index in [1.807, 2.05) is 6.92 Å². The molecule has 1 saturated carbocycles. The summed E-state index contributed by atoms with van der Waals surface area (Å²) in [5.41, 5.74) is 4.91. The van der Waals surface area contributed by atoms with Gasteiger partial charge in [-0.15, -0.1) is 0 Å². The molecule has 157 valence electrons. The first-order valence-electron chi connectivity index (χ1n) is 9.59. The summed E-state index contributed by atoms with van der Waals surface area (Å²) in [7, 11) is 0. The Bertz CT molecular complexity index is 461. The Morgan fingerprint density at radius 2 is 1.85 bits per heavy atom. The van der Waals surface area contributed by atoms with Crippen molar-refractivity contribution in [3.8, 4) is 0 Å². The van der Waals surface area contributed by atoms with Crippen LogP contribution in [0.1, 0.15) is 59.8 Å². The lowest BCUT2D eigenvalue weighted by atomic mass is 9.82. The molecule has 1 aliphatic rings. The fourth-order valence-electron chi connectivity index (χ4n) is 2.89. The van der Waals surface area contributed by atoms with Crippen LogP contribution in [0.15, 0.2) is 0 Å². The monoisotopic (exact) mass is 387 g/mol. The van der Waals surface area contributed by atoms with Gasteiger partial charge in [0.05, 0.1) is 18.5 Å². The molecule has 1 fully saturated rings. The predicted octanol–water partition coefficient (Wildman–Crippen LogP) is 1.30. The van der Waals surface area contributed by atoms with Gasteiger partial charge in [-0.25, -0.2) is 15.6 Å². The van der Waals surface area contributed by atoms with E-state index in [1.54, 1.807) is 27.3 Å². The van der Waals surface area contributed by atoms with Crippen LogP contribution < -0.4 is 21.5 Å². The molecule has 1 amide bonds. The summed E-state index contributed by atoms with van der Waals surface area (Å²) in [4.78, 5) is 22.7. The maximum Gasteiger partial charge on any atom is 0.407 e. The lowest BCUT2D eigenvalue weighted by Crippen LogP contribution is -2.52. The normalized spacial score (nSPS) is 22.7. The van der Waals surface area contributed by atoms with Crippen LogP contribution in [-0.4, -0.2) is 46.8 Å². The first kappa shape index (κ1) is 23.6. The van der Waals surface area contributed by atoms with Crippen LogP contribution in [0.2, 0.25) is 0 Å². The minimum absolute atomic E-state index is 0.232. The molecule has 0 saturated heterocycles. The standard InChI is InChI=1S/C18H35N4O5/c1-5-14(21-17(26)27-18(2,3)4)11-20-22-16(25)19-10-12-6-8-13(9-7-12)15(23)24/h11-14,16,19-20,22,25H,5-10H2,1-4H3,(H,21,26)(H,23,24)/t12?,13?,14-,16?/m0/s1. The molecule has 9 heteroatoms. The second kappa shape index (κ2) is 11.4. The van der Waals surface area contributed by atoms with Gasteiger partial charge in [0.1, 0.15) is 5.60 Å². The summed E-state index contributed by atoms with van der Waals surface area (Å²) in [6, 6.07) is -0.258. The molecule has 27 heavy (non-hydrogen) atoms. The van der Waals surface area contributed by atoms with Crippen molar-refractivity contribution in [3.63, 3.8) is 0 Å². The number of carbonyl (C=O) groups excluding carboxylic acids is 1. The highest BCUT2D eigenvalue weighted by Gasteiger charge is 2.26. The highest BCUT2D eigenvalue weighted by Crippen LogP contribution is 2.28. The van der Waals surface area contributed by atoms with Crippen molar-refractivity contribution in [2.24, 2.45) is 11.8 Å². The molecular formula is C18H35N4O5. The molecule has 9 nitrogen and oxygen atoms in total. The van der Waals surface area contributed by atoms with Crippen LogP contribution in [0.3, 0.4) is 0 Å². The Hall–Kier alpha value is -1.42. The van der Waals surface area contributed by atoms with Crippen molar-refractivity contribution in [2.45, 2.75) is 77.8 Å². The van der Waals surface area contributed by atoms with Crippen LogP contribution >= 0.6 is 0 Å². The molecule has 1 aliphatic carbocycles. The van der Waals surface area contributed by atoms with E-state index in [-0.39, 0.29) is 12.0 Å². The van der Waals surface area contributed by atoms with Gasteiger partial charge in [0.15, 0.2) is 6.35 Å². The average Bonchev–Trinajstić information content (AvgIpc) is 2.57. The topological polar surface area (TPSA) is 132 Å². The van der Waals surface area contributed by atoms with Gasteiger partial charge in [-0.1, -0.05) is 6.92 Å². The largest absolute Gasteiger partial charge is 0.481 e. The Labute approximate surface area is 161 Å². The zero-order chi connectivity index (χ0) is 20.4. The summed E-state index contributed by atoms with van der Waals surface area (Å²) < 4.78 is 5.21. The lowest BCUT2D eigenvalue weighted by molar-refractivity contribution is -0.143. The van der Waals surface area contributed by atoms with Gasteiger partial charge < -0.3 is 20.3 Å². The fourth-order valence-corrected chi connectivity index (χ4v) is 2.89. The van der Waals surface area contributed by atoms with Crippen molar-refractivity contribution >= 4 is 12.1 Å². The van der Waals surface area contributed by atoms with E-state index < -0.39 is 24.0 Å². The number of hydrogen-bond donors (Lipinski definition) is 6. The van der Waals surface area contributed by atoms with Crippen LogP contribution in [0.5, 0.6) is 0 Å². The van der Waals surface area contributed by atoms with Gasteiger partial charge in [-0.2, -0.15) is 0 Å². The highest BCUT2D eigenvalue weighted by molar-refractivity contribution is 5.70. The number of nitrogens with one attached hydrogen (secondary N) is 4. The zero-order valence-corrected chi connectivity index (χ0v) is 16.7. The SMILES string of the molecule is CC[C@@H]([CH]NNC(O)NCC1CCC(C(=O)O)CC1)NC(=O)OC(C)(C)C. The first-order chi connectivity index (χ1) is 12.6. The van der Waals surface area contributed by atoms with Crippen molar-refractivity contribution in [1.82, 2.24) is 21.5 Å². The van der Waals surface area contributed by atoms with Gasteiger partial charge in [0, 0.05) is 6.54 Å². The maximum atomic E-state index is 11.8. The van der Waals surface area contributed by atoms with Crippen LogP contribution in [0.4, 0.5) is 4.79 Å². The van der Waals surface area contributed by atoms with Crippen molar-refractivity contribution in [2.75, 3.05) is 6.54 Å². The van der Waals surface area contributed by atoms with E-state index >= 15 is 0 Å². The Morgan fingerprint density at radius 1 is 1.22 bits per heavy atom. The summed E-state index contributed by atoms with van der Waals surface area (Å²) in [6.07, 6.45) is 2.25. The molecule has 2 atom stereocenters. The van der Waals surface area contributed by atoms with Crippen molar-refractivity contribution < 1.29 is 24.5 Å². The van der Waals surface area contributed by atoms with E-state index in [0.717, 1.165) is 12.8 Å². The molecule has 6 N–H and O–H groups in total. The number of aliphatic hydroxyl groups is 1. The Kier molecular flexibility index (Phi) is 10.00. The Morgan fingerprint density at radius 3 is 2.37 bits per heavy atom. The van der Waals surface area contributed by atoms with Gasteiger partial charge in [-0.3, -0.25) is 10.1 Å². The number of ether oxygens (including phenoxy) is 1. The number of hydrogen-bond acceptors (Lipinski definition) is 7. The van der Waals surface area contributed by atoms with E-state index in [2.05, 4.69) is 21.5 Å². The predicted molar refractivity (Wildman–Crippen MR) is 101 cm³/mol. The summed E-state index contributed by atoms with van der Waals surface area (Å²) >= 11 is 0. The van der Waals surface area contributed by atoms with Crippen molar-refractivity contribution in [3.05, 3.63) is 6.54 Å². The first-order valence-corrected chi connectivity index (χ1v) is 9.59. The molecular weight excluding hydrogens is 352 g/mol. The molecule has 0 aliphatic heterocycles. The zero-order valence-electron chi connectivity index (χ0n) is 16.7. The molecule has 1 radical (unpaired) electrons. The van der Waals surface area contributed by atoms with Gasteiger partial charge in [-0.05, 0) is 58.8 Å². The van der Waals surface area contributed by atoms with Gasteiger partial charge >= 0.3 is 12.1 Å². The smallest absolute Gasteiger partial charge is 0.407 e. The van der Waals surface area contributed by atoms with E-state index in [0.29, 0.717) is 31.7 Å². The molecule has 1 rings (SSSR count). The fraction of sp³-hybridized carbons (Fsp3) is 0.833. The third-order valence-electron chi connectivity index (χ3n) is 4.44. The van der Waals surface area contributed by atoms with Crippen LogP contribution in [0.25, 0.3) is 0 Å². The number of carboxylic acids is 1. The van der Waals surface area contributed by atoms with Crippen molar-refractivity contribution in [1.29, 1.82) is 0 Å². The number of rotatable bonds is 10. The minimum Gasteiger partial charge on any atom is -0.481 e. The molecule has 0 aromatic carbocycles. The number of aliphatic hydroxyl groups excluding tert-OH is 1.